The molecule has 0 amide bonds. The number of benzene rings is 1. The summed E-state index contributed by atoms with van der Waals surface area (Å²) in [6.45, 7) is 7.57. The molecule has 0 aliphatic carbocycles. The van der Waals surface area contributed by atoms with Gasteiger partial charge in [-0.2, -0.15) is 0 Å². The second kappa shape index (κ2) is 5.89. The fraction of sp³-hybridized carbons (Fsp3) is 0.429. The van der Waals surface area contributed by atoms with Crippen LogP contribution in [0.1, 0.15) is 18.0 Å². The van der Waals surface area contributed by atoms with Crippen molar-refractivity contribution in [3.05, 3.63) is 36.4 Å². The molecule has 1 heterocycles. The Hall–Kier alpha value is -1.52. The Morgan fingerprint density at radius 1 is 1.33 bits per heavy atom. The number of rotatable bonds is 4. The van der Waals surface area contributed by atoms with Gasteiger partial charge in [-0.25, -0.2) is 0 Å². The molecule has 1 aliphatic rings. The van der Waals surface area contributed by atoms with E-state index in [-0.39, 0.29) is 17.5 Å². The summed E-state index contributed by atoms with van der Waals surface area (Å²) in [5, 5.41) is 22.9. The van der Waals surface area contributed by atoms with Crippen molar-refractivity contribution in [2.75, 3.05) is 26.2 Å². The predicted octanol–water partition coefficient (Wildman–Crippen LogP) is 1.62. The largest absolute Gasteiger partial charge is 0.504 e. The summed E-state index contributed by atoms with van der Waals surface area (Å²) in [6, 6.07) is 5.21. The van der Waals surface area contributed by atoms with Gasteiger partial charge in [0.15, 0.2) is 11.5 Å². The molecule has 0 spiro atoms. The van der Waals surface area contributed by atoms with E-state index in [4.69, 9.17) is 0 Å². The van der Waals surface area contributed by atoms with Gasteiger partial charge in [-0.05, 0) is 12.5 Å². The molecule has 4 heteroatoms. The summed E-state index contributed by atoms with van der Waals surface area (Å²) < 4.78 is 0. The molecule has 1 saturated heterocycles. The standard InChI is InChI=1S/C14H20N2O2/c1-2-4-12(16-9-7-15-8-10-16)11-5-3-6-13(17)14(11)18/h2-3,5-6,12,15,17-18H,1,4,7-10H2/t12-/m0/s1. The number of piperazine rings is 1. The Balaban J connectivity index is 2.28. The van der Waals surface area contributed by atoms with Crippen LogP contribution in [0, 0.1) is 0 Å². The van der Waals surface area contributed by atoms with Crippen LogP contribution < -0.4 is 5.32 Å². The number of hydrogen-bond acceptors (Lipinski definition) is 4. The minimum Gasteiger partial charge on any atom is -0.504 e. The van der Waals surface area contributed by atoms with Gasteiger partial charge in [-0.1, -0.05) is 18.2 Å². The molecule has 98 valence electrons. The van der Waals surface area contributed by atoms with Crippen molar-refractivity contribution in [2.24, 2.45) is 0 Å². The lowest BCUT2D eigenvalue weighted by atomic mass is 9.99. The highest BCUT2D eigenvalue weighted by Crippen LogP contribution is 2.37. The molecule has 1 atom stereocenters. The first-order chi connectivity index (χ1) is 8.74. The first-order valence-corrected chi connectivity index (χ1v) is 6.30. The number of nitrogens with zero attached hydrogens (tertiary/aromatic N) is 1. The molecule has 0 aromatic heterocycles. The van der Waals surface area contributed by atoms with Crippen LogP contribution in [0.3, 0.4) is 0 Å². The minimum atomic E-state index is -0.0586. The van der Waals surface area contributed by atoms with E-state index in [9.17, 15) is 10.2 Å². The van der Waals surface area contributed by atoms with Gasteiger partial charge in [0.25, 0.3) is 0 Å². The van der Waals surface area contributed by atoms with Crippen molar-refractivity contribution < 1.29 is 10.2 Å². The van der Waals surface area contributed by atoms with E-state index in [0.29, 0.717) is 0 Å². The summed E-state index contributed by atoms with van der Waals surface area (Å²) in [4.78, 5) is 2.31. The van der Waals surface area contributed by atoms with Crippen LogP contribution in [0.15, 0.2) is 30.9 Å². The van der Waals surface area contributed by atoms with Gasteiger partial charge in [0.05, 0.1) is 0 Å². The lowest BCUT2D eigenvalue weighted by Gasteiger charge is -2.35. The molecule has 3 N–H and O–H groups in total. The SMILES string of the molecule is C=CC[C@@H](c1cccc(O)c1O)N1CCNCC1. The first kappa shape index (κ1) is 12.9. The predicted molar refractivity (Wildman–Crippen MR) is 71.8 cm³/mol. The maximum absolute atomic E-state index is 10.00. The Bertz CT molecular complexity index is 414. The number of nitrogens with one attached hydrogen (secondary N) is 1. The molecule has 0 unspecified atom stereocenters. The van der Waals surface area contributed by atoms with Crippen molar-refractivity contribution in [1.82, 2.24) is 10.2 Å². The molecule has 1 aromatic rings. The van der Waals surface area contributed by atoms with E-state index in [0.717, 1.165) is 38.2 Å². The van der Waals surface area contributed by atoms with Crippen LogP contribution in [0.5, 0.6) is 11.5 Å². The molecule has 18 heavy (non-hydrogen) atoms. The summed E-state index contributed by atoms with van der Waals surface area (Å²) in [6.07, 6.45) is 2.62. The Morgan fingerprint density at radius 2 is 2.06 bits per heavy atom. The van der Waals surface area contributed by atoms with Gasteiger partial charge < -0.3 is 15.5 Å². The highest BCUT2D eigenvalue weighted by molar-refractivity contribution is 5.46. The van der Waals surface area contributed by atoms with Crippen molar-refractivity contribution in [3.8, 4) is 11.5 Å². The second-order valence-electron chi connectivity index (χ2n) is 4.54. The van der Waals surface area contributed by atoms with E-state index in [1.807, 2.05) is 12.1 Å². The molecule has 2 rings (SSSR count). The van der Waals surface area contributed by atoms with E-state index < -0.39 is 0 Å². The molecule has 0 radical (unpaired) electrons. The lowest BCUT2D eigenvalue weighted by Crippen LogP contribution is -2.45. The van der Waals surface area contributed by atoms with E-state index >= 15 is 0 Å². The third-order valence-electron chi connectivity index (χ3n) is 3.39. The first-order valence-electron chi connectivity index (χ1n) is 6.30. The molecular weight excluding hydrogens is 228 g/mol. The highest BCUT2D eigenvalue weighted by Gasteiger charge is 2.24. The number of phenolic OH excluding ortho intramolecular Hbond substituents is 2. The zero-order valence-corrected chi connectivity index (χ0v) is 10.5. The van der Waals surface area contributed by atoms with Crippen LogP contribution >= 0.6 is 0 Å². The third kappa shape index (κ3) is 2.66. The van der Waals surface area contributed by atoms with Crippen LogP contribution in [0.4, 0.5) is 0 Å². The normalized spacial score (nSPS) is 18.4. The molecule has 1 aromatic carbocycles. The zero-order chi connectivity index (χ0) is 13.0. The van der Waals surface area contributed by atoms with Gasteiger partial charge in [-0.3, -0.25) is 4.90 Å². The fourth-order valence-corrected chi connectivity index (χ4v) is 2.44. The molecular formula is C14H20N2O2. The molecule has 0 bridgehead atoms. The van der Waals surface area contributed by atoms with Gasteiger partial charge >= 0.3 is 0 Å². The second-order valence-corrected chi connectivity index (χ2v) is 4.54. The summed E-state index contributed by atoms with van der Waals surface area (Å²) in [5.74, 6) is -0.0698. The fourth-order valence-electron chi connectivity index (χ4n) is 2.44. The van der Waals surface area contributed by atoms with E-state index in [2.05, 4.69) is 16.8 Å². The zero-order valence-electron chi connectivity index (χ0n) is 10.5. The Morgan fingerprint density at radius 3 is 2.72 bits per heavy atom. The molecule has 1 aliphatic heterocycles. The lowest BCUT2D eigenvalue weighted by molar-refractivity contribution is 0.171. The Labute approximate surface area is 108 Å². The van der Waals surface area contributed by atoms with Crippen molar-refractivity contribution in [3.63, 3.8) is 0 Å². The molecule has 4 nitrogen and oxygen atoms in total. The van der Waals surface area contributed by atoms with Crippen molar-refractivity contribution in [2.45, 2.75) is 12.5 Å². The average molecular weight is 248 g/mol. The molecule has 1 fully saturated rings. The van der Waals surface area contributed by atoms with Gasteiger partial charge in [0.2, 0.25) is 0 Å². The topological polar surface area (TPSA) is 55.7 Å². The van der Waals surface area contributed by atoms with Gasteiger partial charge in [-0.15, -0.1) is 6.58 Å². The van der Waals surface area contributed by atoms with Crippen molar-refractivity contribution >= 4 is 0 Å². The number of aromatic hydroxyl groups is 2. The average Bonchev–Trinajstić information content (AvgIpc) is 2.41. The number of phenols is 2. The molecule has 0 saturated carbocycles. The Kier molecular flexibility index (Phi) is 4.23. The van der Waals surface area contributed by atoms with E-state index in [1.54, 1.807) is 6.07 Å². The maximum atomic E-state index is 10.00. The summed E-state index contributed by atoms with van der Waals surface area (Å²) in [5.41, 5.74) is 0.775. The number of para-hydroxylation sites is 1. The van der Waals surface area contributed by atoms with Crippen LogP contribution in [-0.4, -0.2) is 41.3 Å². The maximum Gasteiger partial charge on any atom is 0.162 e. The smallest absolute Gasteiger partial charge is 0.162 e. The monoisotopic (exact) mass is 248 g/mol. The quantitative estimate of drug-likeness (QED) is 0.560. The van der Waals surface area contributed by atoms with Crippen LogP contribution in [0.2, 0.25) is 0 Å². The summed E-state index contributed by atoms with van der Waals surface area (Å²) in [7, 11) is 0. The third-order valence-corrected chi connectivity index (χ3v) is 3.39. The van der Waals surface area contributed by atoms with Gasteiger partial charge in [0, 0.05) is 37.8 Å². The van der Waals surface area contributed by atoms with Gasteiger partial charge in [0.1, 0.15) is 0 Å². The van der Waals surface area contributed by atoms with Crippen LogP contribution in [-0.2, 0) is 0 Å². The van der Waals surface area contributed by atoms with E-state index in [1.165, 1.54) is 6.07 Å². The van der Waals surface area contributed by atoms with Crippen LogP contribution in [0.25, 0.3) is 0 Å². The highest BCUT2D eigenvalue weighted by atomic mass is 16.3. The minimum absolute atomic E-state index is 0.0112. The number of hydrogen-bond donors (Lipinski definition) is 3. The summed E-state index contributed by atoms with van der Waals surface area (Å²) >= 11 is 0. The van der Waals surface area contributed by atoms with Crippen molar-refractivity contribution in [1.29, 1.82) is 0 Å².